The largest absolute Gasteiger partial charge is 0.493 e. The van der Waals surface area contributed by atoms with Crippen molar-refractivity contribution in [2.24, 2.45) is 0 Å². The Morgan fingerprint density at radius 2 is 0.580 bits per heavy atom. The predicted molar refractivity (Wildman–Crippen MR) is 330 cm³/mol. The molecule has 88 heavy (non-hydrogen) atoms. The third-order valence-electron chi connectivity index (χ3n) is 15.6. The Morgan fingerprint density at radius 1 is 0.284 bits per heavy atom. The van der Waals surface area contributed by atoms with E-state index in [1.807, 2.05) is 249 Å². The first-order valence-electron chi connectivity index (χ1n) is 30.3. The van der Waals surface area contributed by atoms with Gasteiger partial charge in [0, 0.05) is 0 Å². The van der Waals surface area contributed by atoms with Crippen LogP contribution in [0.2, 0.25) is 0 Å². The van der Waals surface area contributed by atoms with Crippen molar-refractivity contribution >= 4 is 0 Å². The van der Waals surface area contributed by atoms with Gasteiger partial charge in [0.05, 0.1) is 78.9 Å². The van der Waals surface area contributed by atoms with Crippen LogP contribution in [-0.4, -0.2) is 105 Å². The van der Waals surface area contributed by atoms with Gasteiger partial charge in [-0.25, -0.2) is 0 Å². The first-order valence-corrected chi connectivity index (χ1v) is 30.3. The molecule has 0 aromatic heterocycles. The smallest absolute Gasteiger partial charge is 0.187 e. The molecule has 3 heterocycles. The van der Waals surface area contributed by atoms with Crippen molar-refractivity contribution in [2.75, 3.05) is 19.8 Å². The van der Waals surface area contributed by atoms with E-state index in [0.717, 1.165) is 44.5 Å². The first kappa shape index (κ1) is 62.4. The SMILES string of the molecule is O[C@H]1[C@@H](OCc2ccccc2)[C@@H](COCc2ccccc2)O[C@@H](O[C@@H]2[C@H](OCc3ccccc3)[C@@H](OCc3ccccc3)[C@H](O[C@H]3[C@H](OCc4ccccc4)C=CO[C@@H]3COCc3ccccc3)O[C@@H]2COCc2ccccc2)[C@@H]1OCc1ccccc1. The molecule has 3 aliphatic heterocycles. The molecule has 0 spiro atoms. The Kier molecular flexibility index (Phi) is 23.7. The fraction of sp³-hybridized carbons (Fsp3) is 0.324. The van der Waals surface area contributed by atoms with Crippen molar-refractivity contribution in [3.8, 4) is 0 Å². The molecule has 2 saturated heterocycles. The average Bonchev–Trinajstić information content (AvgIpc) is 1.86. The third kappa shape index (κ3) is 18.2. The van der Waals surface area contributed by atoms with Gasteiger partial charge in [-0.1, -0.05) is 243 Å². The van der Waals surface area contributed by atoms with Gasteiger partial charge in [-0.05, 0) is 50.6 Å². The zero-order valence-corrected chi connectivity index (χ0v) is 49.3. The van der Waals surface area contributed by atoms with Gasteiger partial charge in [0.15, 0.2) is 18.7 Å². The molecule has 8 aromatic carbocycles. The van der Waals surface area contributed by atoms with E-state index in [9.17, 15) is 5.11 Å². The zero-order chi connectivity index (χ0) is 59.8. The van der Waals surface area contributed by atoms with Crippen LogP contribution < -0.4 is 0 Å². The van der Waals surface area contributed by atoms with Gasteiger partial charge in [0.1, 0.15) is 61.0 Å². The van der Waals surface area contributed by atoms with Crippen molar-refractivity contribution < 1.29 is 66.7 Å². The molecular formula is C74H78O14. The van der Waals surface area contributed by atoms with Crippen molar-refractivity contribution in [3.05, 3.63) is 300 Å². The number of ether oxygens (including phenoxy) is 13. The summed E-state index contributed by atoms with van der Waals surface area (Å²) in [7, 11) is 0. The number of benzene rings is 8. The summed E-state index contributed by atoms with van der Waals surface area (Å²) in [5.74, 6) is 0. The van der Waals surface area contributed by atoms with Gasteiger partial charge in [0.2, 0.25) is 0 Å². The highest BCUT2D eigenvalue weighted by atomic mass is 16.8. The third-order valence-corrected chi connectivity index (χ3v) is 15.6. The number of hydrogen-bond acceptors (Lipinski definition) is 14. The van der Waals surface area contributed by atoms with Crippen LogP contribution in [0.5, 0.6) is 0 Å². The van der Waals surface area contributed by atoms with E-state index in [4.69, 9.17) is 61.6 Å². The van der Waals surface area contributed by atoms with Crippen LogP contribution >= 0.6 is 0 Å². The molecule has 0 amide bonds. The van der Waals surface area contributed by atoms with Crippen molar-refractivity contribution in [2.45, 2.75) is 133 Å². The van der Waals surface area contributed by atoms with Crippen LogP contribution in [0.25, 0.3) is 0 Å². The summed E-state index contributed by atoms with van der Waals surface area (Å²) >= 11 is 0. The minimum Gasteiger partial charge on any atom is -0.493 e. The summed E-state index contributed by atoms with van der Waals surface area (Å²) in [4.78, 5) is 0. The molecule has 0 unspecified atom stereocenters. The minimum absolute atomic E-state index is 0.00805. The molecule has 8 aromatic rings. The molecule has 1 N–H and O–H groups in total. The van der Waals surface area contributed by atoms with Crippen molar-refractivity contribution in [1.29, 1.82) is 0 Å². The topological polar surface area (TPSA) is 140 Å². The van der Waals surface area contributed by atoms with E-state index in [1.54, 1.807) is 6.26 Å². The van der Waals surface area contributed by atoms with Crippen LogP contribution in [0.15, 0.2) is 255 Å². The highest BCUT2D eigenvalue weighted by molar-refractivity contribution is 5.20. The second-order valence-electron chi connectivity index (χ2n) is 22.1. The van der Waals surface area contributed by atoms with E-state index < -0.39 is 79.7 Å². The Morgan fingerprint density at radius 3 is 0.977 bits per heavy atom. The normalized spacial score (nSPS) is 25.2. The monoisotopic (exact) mass is 1190 g/mol. The van der Waals surface area contributed by atoms with Gasteiger partial charge < -0.3 is 66.7 Å². The Hall–Kier alpha value is -7.22. The Labute approximate surface area is 516 Å². The summed E-state index contributed by atoms with van der Waals surface area (Å²) in [5, 5.41) is 13.0. The highest BCUT2D eigenvalue weighted by Crippen LogP contribution is 2.38. The van der Waals surface area contributed by atoms with E-state index in [0.29, 0.717) is 13.2 Å². The molecule has 0 saturated carbocycles. The molecule has 0 bridgehead atoms. The zero-order valence-electron chi connectivity index (χ0n) is 49.3. The summed E-state index contributed by atoms with van der Waals surface area (Å²) in [5.41, 5.74) is 7.55. The second kappa shape index (κ2) is 33.4. The molecule has 11 rings (SSSR count). The summed E-state index contributed by atoms with van der Waals surface area (Å²) in [6, 6.07) is 79.3. The van der Waals surface area contributed by atoms with E-state index in [1.165, 1.54) is 0 Å². The van der Waals surface area contributed by atoms with Crippen LogP contribution in [0, 0.1) is 0 Å². The maximum absolute atomic E-state index is 13.0. The molecule has 14 heteroatoms. The lowest BCUT2D eigenvalue weighted by Crippen LogP contribution is -2.67. The standard InChI is InChI=1S/C74H78O14/c75-66-68(81-47-58-33-17-5-18-34-58)64(52-77-44-55-27-11-2-12-28-55)85-73(70(66)82-48-59-35-19-6-20-36-59)88-69-65(53-78-45-56-29-13-3-14-30-56)86-74(72(84-50-61-39-23-8-24-40-61)71(69)83-49-60-37-21-7-22-38-60)87-67-62(80-46-57-31-15-4-16-32-57)41-42-79-63(67)51-76-43-54-25-9-1-10-26-54/h1-42,62-75H,43-53H2/t62-,63-,64-,65-,66+,67+,68+,69+,70-,71+,72-,73+,74+/m1/s1. The second-order valence-corrected chi connectivity index (χ2v) is 22.1. The lowest BCUT2D eigenvalue weighted by molar-refractivity contribution is -0.382. The number of aliphatic hydroxyl groups excluding tert-OH is 1. The quantitative estimate of drug-likeness (QED) is 0.0441. The lowest BCUT2D eigenvalue weighted by atomic mass is 9.95. The van der Waals surface area contributed by atoms with Crippen LogP contribution in [0.4, 0.5) is 0 Å². The van der Waals surface area contributed by atoms with Gasteiger partial charge in [-0.3, -0.25) is 0 Å². The van der Waals surface area contributed by atoms with Crippen LogP contribution in [0.3, 0.4) is 0 Å². The Bertz CT molecular complexity index is 3210. The average molecular weight is 1190 g/mol. The molecule has 0 radical (unpaired) electrons. The number of rotatable bonds is 31. The molecule has 2 fully saturated rings. The van der Waals surface area contributed by atoms with E-state index in [2.05, 4.69) is 0 Å². The maximum Gasteiger partial charge on any atom is 0.187 e. The molecule has 0 aliphatic carbocycles. The first-order chi connectivity index (χ1) is 43.6. The summed E-state index contributed by atoms with van der Waals surface area (Å²) in [6.45, 7) is 1.94. The summed E-state index contributed by atoms with van der Waals surface area (Å²) < 4.78 is 90.2. The van der Waals surface area contributed by atoms with Gasteiger partial charge in [-0.15, -0.1) is 0 Å². The minimum atomic E-state index is -1.30. The summed E-state index contributed by atoms with van der Waals surface area (Å²) in [6.07, 6.45) is -9.28. The van der Waals surface area contributed by atoms with Crippen LogP contribution in [-0.2, 0) is 114 Å². The van der Waals surface area contributed by atoms with Gasteiger partial charge >= 0.3 is 0 Å². The van der Waals surface area contributed by atoms with Crippen LogP contribution in [0.1, 0.15) is 44.5 Å². The van der Waals surface area contributed by atoms with Gasteiger partial charge in [-0.2, -0.15) is 0 Å². The lowest BCUT2D eigenvalue weighted by Gasteiger charge is -2.50. The van der Waals surface area contributed by atoms with Crippen molar-refractivity contribution in [3.63, 3.8) is 0 Å². The molecule has 3 aliphatic rings. The fourth-order valence-corrected chi connectivity index (χ4v) is 11.0. The fourth-order valence-electron chi connectivity index (χ4n) is 11.0. The number of hydrogen-bond donors (Lipinski definition) is 1. The molecule has 458 valence electrons. The predicted octanol–water partition coefficient (Wildman–Crippen LogP) is 12.1. The number of aliphatic hydroxyl groups is 1. The molecule has 14 nitrogen and oxygen atoms in total. The maximum atomic E-state index is 13.0. The molecular weight excluding hydrogens is 1110 g/mol. The van der Waals surface area contributed by atoms with Gasteiger partial charge in [0.25, 0.3) is 0 Å². The van der Waals surface area contributed by atoms with Crippen molar-refractivity contribution in [1.82, 2.24) is 0 Å². The van der Waals surface area contributed by atoms with E-state index >= 15 is 0 Å². The Balaban J connectivity index is 0.974. The molecule has 13 atom stereocenters. The highest BCUT2D eigenvalue weighted by Gasteiger charge is 2.55. The van der Waals surface area contributed by atoms with E-state index in [-0.39, 0.29) is 59.5 Å².